The van der Waals surface area contributed by atoms with Crippen molar-refractivity contribution < 1.29 is 9.90 Å². The number of carbonyl (C=O) groups is 1. The minimum absolute atomic E-state index is 0.0242. The number of halogens is 1. The number of rotatable bonds is 5. The Bertz CT molecular complexity index is 523. The Morgan fingerprint density at radius 3 is 2.68 bits per heavy atom. The van der Waals surface area contributed by atoms with Gasteiger partial charge < -0.3 is 15.3 Å². The van der Waals surface area contributed by atoms with E-state index in [4.69, 9.17) is 11.6 Å². The highest BCUT2D eigenvalue weighted by Crippen LogP contribution is 2.44. The Hall–Kier alpha value is -1.33. The maximum atomic E-state index is 12.2. The van der Waals surface area contributed by atoms with Gasteiger partial charge in [0.2, 0.25) is 5.91 Å². The average Bonchev–Trinajstić information content (AvgIpc) is 3.34. The maximum Gasteiger partial charge on any atom is 0.223 e. The van der Waals surface area contributed by atoms with Crippen LogP contribution in [0.5, 0.6) is 0 Å². The molecule has 1 amide bonds. The molecule has 3 rings (SSSR count). The molecule has 5 nitrogen and oxygen atoms in total. The molecule has 0 radical (unpaired) electrons. The summed E-state index contributed by atoms with van der Waals surface area (Å²) in [5.74, 6) is 1.11. The van der Waals surface area contributed by atoms with Crippen molar-refractivity contribution >= 4 is 23.3 Å². The summed E-state index contributed by atoms with van der Waals surface area (Å²) in [6, 6.07) is 3.76. The van der Waals surface area contributed by atoms with Crippen molar-refractivity contribution in [1.82, 2.24) is 10.3 Å². The lowest BCUT2D eigenvalue weighted by Crippen LogP contribution is -2.42. The Labute approximate surface area is 135 Å². The average molecular weight is 324 g/mol. The van der Waals surface area contributed by atoms with Crippen LogP contribution in [-0.4, -0.2) is 42.2 Å². The molecule has 120 valence electrons. The zero-order valence-corrected chi connectivity index (χ0v) is 13.4. The van der Waals surface area contributed by atoms with Gasteiger partial charge in [-0.25, -0.2) is 4.98 Å². The number of carbonyl (C=O) groups excluding carboxylic acids is 1. The van der Waals surface area contributed by atoms with Gasteiger partial charge in [0.15, 0.2) is 0 Å². The molecule has 1 saturated carbocycles. The third-order valence-electron chi connectivity index (χ3n) is 4.83. The zero-order chi connectivity index (χ0) is 15.6. The summed E-state index contributed by atoms with van der Waals surface area (Å²) < 4.78 is 0. The molecule has 0 unspecified atom stereocenters. The molecule has 1 aromatic rings. The lowest BCUT2D eigenvalue weighted by Gasteiger charge is -2.32. The second-order valence-electron chi connectivity index (χ2n) is 6.47. The first-order valence-electron chi connectivity index (χ1n) is 7.87. The van der Waals surface area contributed by atoms with E-state index >= 15 is 0 Å². The van der Waals surface area contributed by atoms with Gasteiger partial charge in [0, 0.05) is 37.2 Å². The minimum Gasteiger partial charge on any atom is -0.396 e. The van der Waals surface area contributed by atoms with Gasteiger partial charge >= 0.3 is 0 Å². The number of nitrogens with zero attached hydrogens (tertiary/aromatic N) is 2. The van der Waals surface area contributed by atoms with E-state index in [1.54, 1.807) is 6.20 Å². The van der Waals surface area contributed by atoms with Gasteiger partial charge in [0.05, 0.1) is 11.6 Å². The number of hydrogen-bond acceptors (Lipinski definition) is 4. The molecule has 1 aliphatic carbocycles. The number of aliphatic hydroxyl groups excluding tert-OH is 1. The molecular formula is C16H22ClN3O2. The molecule has 0 spiro atoms. The summed E-state index contributed by atoms with van der Waals surface area (Å²) in [6.07, 6.45) is 5.36. The van der Waals surface area contributed by atoms with Crippen molar-refractivity contribution in [2.24, 2.45) is 11.3 Å². The van der Waals surface area contributed by atoms with Crippen molar-refractivity contribution in [2.75, 3.05) is 31.1 Å². The minimum atomic E-state index is -0.0242. The van der Waals surface area contributed by atoms with Gasteiger partial charge in [0.1, 0.15) is 5.82 Å². The van der Waals surface area contributed by atoms with Gasteiger partial charge in [-0.2, -0.15) is 0 Å². The zero-order valence-electron chi connectivity index (χ0n) is 12.6. The van der Waals surface area contributed by atoms with Crippen LogP contribution in [0.15, 0.2) is 18.3 Å². The van der Waals surface area contributed by atoms with Crippen LogP contribution in [-0.2, 0) is 4.79 Å². The topological polar surface area (TPSA) is 65.5 Å². The van der Waals surface area contributed by atoms with Crippen molar-refractivity contribution in [3.8, 4) is 0 Å². The van der Waals surface area contributed by atoms with Crippen LogP contribution in [0.25, 0.3) is 0 Å². The molecule has 6 heteroatoms. The monoisotopic (exact) mass is 323 g/mol. The third-order valence-corrected chi connectivity index (χ3v) is 5.06. The molecule has 0 bridgehead atoms. The molecule has 2 aliphatic rings. The normalized spacial score (nSPS) is 20.7. The number of nitrogens with one attached hydrogen (secondary N) is 1. The van der Waals surface area contributed by atoms with Crippen LogP contribution >= 0.6 is 11.6 Å². The van der Waals surface area contributed by atoms with Crippen LogP contribution in [0.3, 0.4) is 0 Å². The van der Waals surface area contributed by atoms with Crippen LogP contribution in [0.2, 0.25) is 5.02 Å². The lowest BCUT2D eigenvalue weighted by molar-refractivity contribution is -0.125. The van der Waals surface area contributed by atoms with E-state index < -0.39 is 0 Å². The van der Waals surface area contributed by atoms with Crippen LogP contribution in [0, 0.1) is 11.3 Å². The molecular weight excluding hydrogens is 302 g/mol. The van der Waals surface area contributed by atoms with Gasteiger partial charge in [0.25, 0.3) is 0 Å². The first-order chi connectivity index (χ1) is 10.6. The van der Waals surface area contributed by atoms with Gasteiger partial charge in [-0.1, -0.05) is 11.6 Å². The predicted octanol–water partition coefficient (Wildman–Crippen LogP) is 1.84. The Morgan fingerprint density at radius 1 is 1.41 bits per heavy atom. The quantitative estimate of drug-likeness (QED) is 0.868. The van der Waals surface area contributed by atoms with E-state index in [0.717, 1.165) is 44.6 Å². The largest absolute Gasteiger partial charge is 0.396 e. The fourth-order valence-corrected chi connectivity index (χ4v) is 3.02. The number of hydrogen-bond donors (Lipinski definition) is 2. The van der Waals surface area contributed by atoms with E-state index in [-0.39, 0.29) is 23.8 Å². The number of anilines is 1. The van der Waals surface area contributed by atoms with E-state index in [1.807, 2.05) is 12.1 Å². The Balaban J connectivity index is 1.46. The Morgan fingerprint density at radius 2 is 2.14 bits per heavy atom. The number of aliphatic hydroxyl groups is 1. The van der Waals surface area contributed by atoms with Gasteiger partial charge in [-0.3, -0.25) is 4.79 Å². The first-order valence-corrected chi connectivity index (χ1v) is 8.25. The standard InChI is InChI=1S/C16H22ClN3O2/c17-13-1-2-14(18-9-13)20-7-3-12(4-8-20)15(22)19-10-16(11-21)5-6-16/h1-2,9,12,21H,3-8,10-11H2,(H,19,22). The molecule has 0 aromatic carbocycles. The van der Waals surface area contributed by atoms with Crippen molar-refractivity contribution in [3.05, 3.63) is 23.4 Å². The highest BCUT2D eigenvalue weighted by atomic mass is 35.5. The van der Waals surface area contributed by atoms with Crippen molar-refractivity contribution in [2.45, 2.75) is 25.7 Å². The molecule has 2 heterocycles. The lowest BCUT2D eigenvalue weighted by atomic mass is 9.95. The van der Waals surface area contributed by atoms with Crippen LogP contribution in [0.1, 0.15) is 25.7 Å². The summed E-state index contributed by atoms with van der Waals surface area (Å²) in [4.78, 5) is 18.7. The smallest absolute Gasteiger partial charge is 0.223 e. The van der Waals surface area contributed by atoms with Crippen molar-refractivity contribution in [3.63, 3.8) is 0 Å². The molecule has 1 saturated heterocycles. The summed E-state index contributed by atoms with van der Waals surface area (Å²) in [7, 11) is 0. The fraction of sp³-hybridized carbons (Fsp3) is 0.625. The summed E-state index contributed by atoms with van der Waals surface area (Å²) in [6.45, 7) is 2.45. The van der Waals surface area contributed by atoms with Crippen LogP contribution in [0.4, 0.5) is 5.82 Å². The third kappa shape index (κ3) is 3.52. The SMILES string of the molecule is O=C(NCC1(CO)CC1)C1CCN(c2ccc(Cl)cn2)CC1. The highest BCUT2D eigenvalue weighted by Gasteiger charge is 2.42. The first kappa shape index (κ1) is 15.6. The number of amides is 1. The van der Waals surface area contributed by atoms with E-state index in [9.17, 15) is 9.90 Å². The second kappa shape index (κ2) is 6.42. The predicted molar refractivity (Wildman–Crippen MR) is 85.9 cm³/mol. The van der Waals surface area contributed by atoms with Gasteiger partial charge in [-0.15, -0.1) is 0 Å². The van der Waals surface area contributed by atoms with Crippen molar-refractivity contribution in [1.29, 1.82) is 0 Å². The summed E-state index contributed by atoms with van der Waals surface area (Å²) in [5.41, 5.74) is -0.0242. The van der Waals surface area contributed by atoms with E-state index in [0.29, 0.717) is 11.6 Å². The van der Waals surface area contributed by atoms with Gasteiger partial charge in [-0.05, 0) is 37.8 Å². The maximum absolute atomic E-state index is 12.2. The number of piperidine rings is 1. The molecule has 0 atom stereocenters. The summed E-state index contributed by atoms with van der Waals surface area (Å²) in [5, 5.41) is 12.9. The van der Waals surface area contributed by atoms with E-state index in [1.165, 1.54) is 0 Å². The Kier molecular flexibility index (Phi) is 4.54. The molecule has 1 aromatic heterocycles. The fourth-order valence-electron chi connectivity index (χ4n) is 2.91. The molecule has 2 N–H and O–H groups in total. The summed E-state index contributed by atoms with van der Waals surface area (Å²) >= 11 is 5.85. The van der Waals surface area contributed by atoms with Crippen LogP contribution < -0.4 is 10.2 Å². The highest BCUT2D eigenvalue weighted by molar-refractivity contribution is 6.30. The molecule has 2 fully saturated rings. The molecule has 1 aliphatic heterocycles. The van der Waals surface area contributed by atoms with E-state index in [2.05, 4.69) is 15.2 Å². The second-order valence-corrected chi connectivity index (χ2v) is 6.91. The number of aromatic nitrogens is 1. The molecule has 22 heavy (non-hydrogen) atoms. The number of pyridine rings is 1.